The topological polar surface area (TPSA) is 123 Å². The Morgan fingerprint density at radius 3 is 2.81 bits per heavy atom. The van der Waals surface area contributed by atoms with E-state index in [1.165, 1.54) is 17.4 Å². The Kier molecular flexibility index (Phi) is 5.70. The number of carbonyl (C=O) groups excluding carboxylic acids is 1. The maximum absolute atomic E-state index is 13.6. The molecular weight excluding hydrogens is 403 g/mol. The average Bonchev–Trinajstić information content (AvgIpc) is 3.25. The summed E-state index contributed by atoms with van der Waals surface area (Å²) in [5.74, 6) is -0.756. The lowest BCUT2D eigenvalue weighted by Gasteiger charge is -2.01. The third kappa shape index (κ3) is 4.71. The van der Waals surface area contributed by atoms with Crippen LogP contribution in [0.3, 0.4) is 0 Å². The predicted octanol–water partition coefficient (Wildman–Crippen LogP) is 3.52. The lowest BCUT2D eigenvalue weighted by molar-refractivity contribution is -0.380. The minimum Gasteiger partial charge on any atom is -0.328 e. The molecule has 2 aromatic heterocycles. The number of thiazole rings is 1. The van der Waals surface area contributed by atoms with E-state index < -0.39 is 10.7 Å². The van der Waals surface area contributed by atoms with Gasteiger partial charge in [0.25, 0.3) is 0 Å². The average molecular weight is 412 g/mol. The molecule has 2 N–H and O–H groups in total. The number of nitrogens with one attached hydrogen (secondary N) is 2. The fraction of sp³-hybridized carbons (Fsp3) is 0.0769. The highest BCUT2D eigenvalue weighted by atomic mass is 32.2. The molecule has 0 aliphatic heterocycles. The third-order valence-corrected chi connectivity index (χ3v) is 5.60. The molecule has 3 rings (SSSR count). The molecule has 0 aliphatic carbocycles. The molecule has 0 fully saturated rings. The van der Waals surface area contributed by atoms with Gasteiger partial charge < -0.3 is 10.6 Å². The van der Waals surface area contributed by atoms with Gasteiger partial charge in [0.05, 0.1) is 16.4 Å². The fourth-order valence-corrected chi connectivity index (χ4v) is 3.90. The van der Waals surface area contributed by atoms with Gasteiger partial charge in [0.1, 0.15) is 12.0 Å². The van der Waals surface area contributed by atoms with E-state index in [2.05, 4.69) is 25.8 Å². The summed E-state index contributed by atoms with van der Waals surface area (Å²) in [6.45, 7) is 0. The van der Waals surface area contributed by atoms with Crippen molar-refractivity contribution in [3.05, 3.63) is 46.4 Å². The van der Waals surface area contributed by atoms with Crippen molar-refractivity contribution in [1.29, 1.82) is 0 Å². The molecule has 26 heavy (non-hydrogen) atoms. The lowest BCUT2D eigenvalue weighted by atomic mass is 10.3. The molecule has 1 aromatic carbocycles. The molecule has 0 bridgehead atoms. The van der Waals surface area contributed by atoms with Crippen LogP contribution >= 0.6 is 34.4 Å². The molecule has 134 valence electrons. The van der Waals surface area contributed by atoms with Crippen LogP contribution in [0.15, 0.2) is 34.8 Å². The van der Waals surface area contributed by atoms with Crippen LogP contribution in [-0.2, 0) is 4.79 Å². The number of nitro groups is 1. The van der Waals surface area contributed by atoms with Crippen LogP contribution in [0.4, 0.5) is 25.3 Å². The van der Waals surface area contributed by atoms with Crippen LogP contribution in [0.25, 0.3) is 0 Å². The van der Waals surface area contributed by atoms with Crippen molar-refractivity contribution in [3.63, 3.8) is 0 Å². The van der Waals surface area contributed by atoms with Crippen molar-refractivity contribution in [1.82, 2.24) is 15.2 Å². The third-order valence-electron chi connectivity index (χ3n) is 2.77. The number of rotatable bonds is 7. The van der Waals surface area contributed by atoms with Gasteiger partial charge in [-0.1, -0.05) is 35.2 Å². The summed E-state index contributed by atoms with van der Waals surface area (Å²) in [5.41, 5.74) is 0.281. The van der Waals surface area contributed by atoms with E-state index in [1.807, 2.05) is 0 Å². The number of para-hydroxylation sites is 1. The molecule has 1 amide bonds. The van der Waals surface area contributed by atoms with Crippen molar-refractivity contribution >= 4 is 61.3 Å². The normalized spacial score (nSPS) is 10.5. The second-order valence-electron chi connectivity index (χ2n) is 4.58. The molecule has 0 saturated heterocycles. The van der Waals surface area contributed by atoms with Crippen molar-refractivity contribution < 1.29 is 14.1 Å². The molecule has 0 aliphatic rings. The highest BCUT2D eigenvalue weighted by Gasteiger charge is 2.14. The number of benzene rings is 1. The zero-order valence-corrected chi connectivity index (χ0v) is 15.2. The zero-order chi connectivity index (χ0) is 18.5. The first-order valence-electron chi connectivity index (χ1n) is 6.89. The highest BCUT2D eigenvalue weighted by Crippen LogP contribution is 2.29. The van der Waals surface area contributed by atoms with E-state index in [9.17, 15) is 19.3 Å². The molecule has 0 spiro atoms. The van der Waals surface area contributed by atoms with E-state index >= 15 is 0 Å². The summed E-state index contributed by atoms with van der Waals surface area (Å²) in [6.07, 6.45) is 1.08. The fourth-order valence-electron chi connectivity index (χ4n) is 1.69. The second-order valence-corrected chi connectivity index (χ2v) is 7.78. The minimum atomic E-state index is -0.576. The quantitative estimate of drug-likeness (QED) is 0.343. The van der Waals surface area contributed by atoms with Crippen molar-refractivity contribution in [2.45, 2.75) is 4.34 Å². The molecular formula is C13H9FN6O3S3. The number of amides is 1. The van der Waals surface area contributed by atoms with Gasteiger partial charge in [-0.25, -0.2) is 9.37 Å². The van der Waals surface area contributed by atoms with Crippen LogP contribution in [0.2, 0.25) is 0 Å². The maximum Gasteiger partial charge on any atom is 0.345 e. The molecule has 2 heterocycles. The number of hydrogen-bond acceptors (Lipinski definition) is 10. The maximum atomic E-state index is 13.6. The Morgan fingerprint density at radius 2 is 2.08 bits per heavy atom. The number of hydrogen-bond donors (Lipinski definition) is 2. The Morgan fingerprint density at radius 1 is 1.27 bits per heavy atom. The van der Waals surface area contributed by atoms with Gasteiger partial charge in [-0.3, -0.25) is 14.9 Å². The van der Waals surface area contributed by atoms with Gasteiger partial charge in [-0.2, -0.15) is 0 Å². The molecule has 0 unspecified atom stereocenters. The van der Waals surface area contributed by atoms with Gasteiger partial charge in [-0.05, 0) is 23.5 Å². The number of aromatic nitrogens is 3. The first-order chi connectivity index (χ1) is 12.5. The molecule has 0 atom stereocenters. The Hall–Kier alpha value is -2.64. The van der Waals surface area contributed by atoms with Crippen LogP contribution < -0.4 is 10.6 Å². The van der Waals surface area contributed by atoms with Crippen LogP contribution in [0.5, 0.6) is 0 Å². The SMILES string of the molecule is O=C(CSc1nnc(Nc2ccccc2F)s1)Nc1ncc([N+](=O)[O-])s1. The monoisotopic (exact) mass is 412 g/mol. The zero-order valence-electron chi connectivity index (χ0n) is 12.7. The first-order valence-corrected chi connectivity index (χ1v) is 9.51. The summed E-state index contributed by atoms with van der Waals surface area (Å²) in [7, 11) is 0. The van der Waals surface area contributed by atoms with Crippen LogP contribution in [0.1, 0.15) is 0 Å². The minimum absolute atomic E-state index is 0.0295. The summed E-state index contributed by atoms with van der Waals surface area (Å²) in [4.78, 5) is 25.6. The van der Waals surface area contributed by atoms with Crippen LogP contribution in [-0.4, -0.2) is 31.8 Å². The van der Waals surface area contributed by atoms with E-state index in [0.717, 1.165) is 29.3 Å². The number of anilines is 3. The number of carbonyl (C=O) groups is 1. The van der Waals surface area contributed by atoms with Gasteiger partial charge >= 0.3 is 5.00 Å². The molecule has 0 radical (unpaired) electrons. The van der Waals surface area contributed by atoms with E-state index in [0.29, 0.717) is 9.47 Å². The number of nitrogens with zero attached hydrogens (tertiary/aromatic N) is 4. The van der Waals surface area contributed by atoms with Gasteiger partial charge in [0.15, 0.2) is 9.47 Å². The summed E-state index contributed by atoms with van der Waals surface area (Å²) in [6, 6.07) is 6.17. The first kappa shape index (κ1) is 18.2. The Balaban J connectivity index is 1.52. The number of halogens is 1. The van der Waals surface area contributed by atoms with Gasteiger partial charge in [0.2, 0.25) is 11.0 Å². The summed E-state index contributed by atoms with van der Waals surface area (Å²) in [5, 5.41) is 24.1. The van der Waals surface area contributed by atoms with Gasteiger partial charge in [-0.15, -0.1) is 10.2 Å². The molecule has 0 saturated carbocycles. The lowest BCUT2D eigenvalue weighted by Crippen LogP contribution is -2.13. The molecule has 3 aromatic rings. The second kappa shape index (κ2) is 8.16. The highest BCUT2D eigenvalue weighted by molar-refractivity contribution is 8.01. The van der Waals surface area contributed by atoms with Crippen molar-refractivity contribution in [2.75, 3.05) is 16.4 Å². The van der Waals surface area contributed by atoms with Crippen molar-refractivity contribution in [2.24, 2.45) is 0 Å². The predicted molar refractivity (Wildman–Crippen MR) is 97.7 cm³/mol. The smallest absolute Gasteiger partial charge is 0.328 e. The standard InChI is InChI=1S/C13H9FN6O3S3/c14-7-3-1-2-4-8(7)16-12-18-19-13(26-12)24-6-9(21)17-11-15-5-10(25-11)20(22)23/h1-5H,6H2,(H,16,18)(H,15,17,21). The van der Waals surface area contributed by atoms with E-state index in [4.69, 9.17) is 0 Å². The van der Waals surface area contributed by atoms with Crippen LogP contribution in [0, 0.1) is 15.9 Å². The molecule has 13 heteroatoms. The largest absolute Gasteiger partial charge is 0.345 e. The van der Waals surface area contributed by atoms with Gasteiger partial charge in [0, 0.05) is 0 Å². The van der Waals surface area contributed by atoms with Crippen molar-refractivity contribution in [3.8, 4) is 0 Å². The molecule has 9 nitrogen and oxygen atoms in total. The Bertz CT molecular complexity index is 947. The Labute approximate surface area is 157 Å². The summed E-state index contributed by atoms with van der Waals surface area (Å²) >= 11 is 3.09. The summed E-state index contributed by atoms with van der Waals surface area (Å²) < 4.78 is 14.1. The number of thioether (sulfide) groups is 1. The van der Waals surface area contributed by atoms with E-state index in [-0.39, 0.29) is 27.5 Å². The van der Waals surface area contributed by atoms with E-state index in [1.54, 1.807) is 18.2 Å².